The Balaban J connectivity index is 1.40. The van der Waals surface area contributed by atoms with Crippen LogP contribution in [0.2, 0.25) is 5.02 Å². The summed E-state index contributed by atoms with van der Waals surface area (Å²) < 4.78 is 16.5. The van der Waals surface area contributed by atoms with Gasteiger partial charge in [0, 0.05) is 31.3 Å². The Morgan fingerprint density at radius 1 is 1.11 bits per heavy atom. The van der Waals surface area contributed by atoms with Gasteiger partial charge in [0.15, 0.2) is 0 Å². The lowest BCUT2D eigenvalue weighted by atomic mass is 9.84. The average molecular weight is 501 g/mol. The molecular weight excluding hydrogens is 468 g/mol. The normalized spacial score (nSPS) is 19.5. The number of carbonyl (C=O) groups is 2. The first-order valence-corrected chi connectivity index (χ1v) is 12.5. The number of halogens is 1. The SMILES string of the molecule is COC(=O)c1ccc([C@H](C)NC(=O)C2(N3CCC(Oc4cccc(Cl)c4)CC3)CCOCC2)cc1. The summed E-state index contributed by atoms with van der Waals surface area (Å²) in [6, 6.07) is 14.4. The number of carbonyl (C=O) groups excluding carboxylic acids is 2. The smallest absolute Gasteiger partial charge is 0.337 e. The molecule has 35 heavy (non-hydrogen) atoms. The molecule has 2 saturated heterocycles. The van der Waals surface area contributed by atoms with E-state index in [1.54, 1.807) is 12.1 Å². The minimum atomic E-state index is -0.598. The maximum absolute atomic E-state index is 13.7. The highest BCUT2D eigenvalue weighted by atomic mass is 35.5. The van der Waals surface area contributed by atoms with E-state index in [2.05, 4.69) is 10.2 Å². The zero-order valence-corrected chi connectivity index (χ0v) is 21.1. The Bertz CT molecular complexity index is 1010. The second-order valence-electron chi connectivity index (χ2n) is 9.21. The minimum Gasteiger partial charge on any atom is -0.490 e. The first-order valence-electron chi connectivity index (χ1n) is 12.2. The Morgan fingerprint density at radius 3 is 2.43 bits per heavy atom. The molecule has 0 unspecified atom stereocenters. The van der Waals surface area contributed by atoms with Crippen LogP contribution in [0.3, 0.4) is 0 Å². The third kappa shape index (κ3) is 5.97. The predicted octanol–water partition coefficient (Wildman–Crippen LogP) is 4.40. The summed E-state index contributed by atoms with van der Waals surface area (Å²) in [4.78, 5) is 27.7. The van der Waals surface area contributed by atoms with E-state index in [0.29, 0.717) is 36.6 Å². The molecule has 2 aliphatic heterocycles. The van der Waals surface area contributed by atoms with Crippen LogP contribution in [0, 0.1) is 0 Å². The summed E-state index contributed by atoms with van der Waals surface area (Å²) in [7, 11) is 1.36. The van der Waals surface area contributed by atoms with Crippen molar-refractivity contribution in [2.24, 2.45) is 0 Å². The van der Waals surface area contributed by atoms with E-state index >= 15 is 0 Å². The number of benzene rings is 2. The standard InChI is InChI=1S/C27H33ClN2O5/c1-19(20-6-8-21(9-7-20)25(31)33-2)29-26(32)27(12-16-34-17-13-27)30-14-10-23(11-15-30)35-24-5-3-4-22(28)18-24/h3-9,18-19,23H,10-17H2,1-2H3,(H,29,32)/t19-/m0/s1. The van der Waals surface area contributed by atoms with Crippen LogP contribution in [0.1, 0.15) is 54.6 Å². The van der Waals surface area contributed by atoms with Crippen molar-refractivity contribution in [3.63, 3.8) is 0 Å². The summed E-state index contributed by atoms with van der Waals surface area (Å²) in [5.41, 5.74) is 0.819. The lowest BCUT2D eigenvalue weighted by Crippen LogP contribution is -2.63. The summed E-state index contributed by atoms with van der Waals surface area (Å²) in [5, 5.41) is 3.88. The fourth-order valence-electron chi connectivity index (χ4n) is 4.97. The largest absolute Gasteiger partial charge is 0.490 e. The molecule has 2 heterocycles. The maximum atomic E-state index is 13.7. The second kappa shape index (κ2) is 11.4. The van der Waals surface area contributed by atoms with Gasteiger partial charge in [-0.2, -0.15) is 0 Å². The Kier molecular flexibility index (Phi) is 8.31. The number of nitrogens with zero attached hydrogens (tertiary/aromatic N) is 1. The molecule has 0 saturated carbocycles. The summed E-state index contributed by atoms with van der Waals surface area (Å²) in [6.07, 6.45) is 3.09. The summed E-state index contributed by atoms with van der Waals surface area (Å²) >= 11 is 6.09. The second-order valence-corrected chi connectivity index (χ2v) is 9.65. The zero-order valence-electron chi connectivity index (χ0n) is 20.3. The number of likely N-dealkylation sites (tertiary alicyclic amines) is 1. The molecule has 4 rings (SSSR count). The van der Waals surface area contributed by atoms with Crippen molar-refractivity contribution in [1.82, 2.24) is 10.2 Å². The molecule has 0 aromatic heterocycles. The molecule has 1 atom stereocenters. The molecule has 0 radical (unpaired) electrons. The van der Waals surface area contributed by atoms with Crippen LogP contribution < -0.4 is 10.1 Å². The highest BCUT2D eigenvalue weighted by Gasteiger charge is 2.46. The molecule has 2 fully saturated rings. The van der Waals surface area contributed by atoms with Crippen LogP contribution in [-0.4, -0.2) is 61.8 Å². The lowest BCUT2D eigenvalue weighted by molar-refractivity contribution is -0.143. The molecular formula is C27H33ClN2O5. The fraction of sp³-hybridized carbons (Fsp3) is 0.481. The molecule has 0 spiro atoms. The van der Waals surface area contributed by atoms with Crippen LogP contribution in [0.5, 0.6) is 5.75 Å². The third-order valence-corrected chi connectivity index (χ3v) is 7.30. The van der Waals surface area contributed by atoms with Gasteiger partial charge in [0.25, 0.3) is 0 Å². The van der Waals surface area contributed by atoms with Crippen molar-refractivity contribution < 1.29 is 23.8 Å². The molecule has 2 aromatic rings. The molecule has 0 bridgehead atoms. The number of piperidine rings is 1. The van der Waals surface area contributed by atoms with Crippen LogP contribution in [0.25, 0.3) is 0 Å². The van der Waals surface area contributed by atoms with Gasteiger partial charge in [-0.05, 0) is 68.5 Å². The highest BCUT2D eigenvalue weighted by Crippen LogP contribution is 2.33. The molecule has 2 aliphatic rings. The van der Waals surface area contributed by atoms with Crippen molar-refractivity contribution in [3.8, 4) is 5.75 Å². The Labute approximate surface area is 211 Å². The molecule has 1 N–H and O–H groups in total. The zero-order chi connectivity index (χ0) is 24.8. The summed E-state index contributed by atoms with van der Waals surface area (Å²) in [5.74, 6) is 0.429. The number of nitrogens with one attached hydrogen (secondary N) is 1. The molecule has 2 aromatic carbocycles. The number of rotatable bonds is 7. The quantitative estimate of drug-likeness (QED) is 0.568. The number of amides is 1. The van der Waals surface area contributed by atoms with Crippen molar-refractivity contribution >= 4 is 23.5 Å². The van der Waals surface area contributed by atoms with Gasteiger partial charge in [-0.1, -0.05) is 29.8 Å². The molecule has 8 heteroatoms. The van der Waals surface area contributed by atoms with Crippen LogP contribution >= 0.6 is 11.6 Å². The van der Waals surface area contributed by atoms with Crippen molar-refractivity contribution in [1.29, 1.82) is 0 Å². The topological polar surface area (TPSA) is 77.1 Å². The number of ether oxygens (including phenoxy) is 3. The third-order valence-electron chi connectivity index (χ3n) is 7.07. The minimum absolute atomic E-state index is 0.0274. The average Bonchev–Trinajstić information content (AvgIpc) is 2.89. The van der Waals surface area contributed by atoms with Gasteiger partial charge >= 0.3 is 5.97 Å². The number of esters is 1. The first kappa shape index (κ1) is 25.5. The van der Waals surface area contributed by atoms with Gasteiger partial charge in [0.05, 0.1) is 18.7 Å². The van der Waals surface area contributed by atoms with E-state index in [-0.39, 0.29) is 24.0 Å². The fourth-order valence-corrected chi connectivity index (χ4v) is 5.15. The van der Waals surface area contributed by atoms with E-state index in [1.165, 1.54) is 7.11 Å². The van der Waals surface area contributed by atoms with Crippen LogP contribution in [-0.2, 0) is 14.3 Å². The number of hydrogen-bond acceptors (Lipinski definition) is 6. The Hall–Kier alpha value is -2.61. The predicted molar refractivity (Wildman–Crippen MR) is 134 cm³/mol. The van der Waals surface area contributed by atoms with E-state index < -0.39 is 5.54 Å². The van der Waals surface area contributed by atoms with Crippen molar-refractivity contribution in [2.75, 3.05) is 33.4 Å². The summed E-state index contributed by atoms with van der Waals surface area (Å²) in [6.45, 7) is 4.65. The molecule has 188 valence electrons. The Morgan fingerprint density at radius 2 is 1.80 bits per heavy atom. The van der Waals surface area contributed by atoms with Gasteiger partial charge < -0.3 is 19.5 Å². The van der Waals surface area contributed by atoms with E-state index in [9.17, 15) is 9.59 Å². The molecule has 1 amide bonds. The van der Waals surface area contributed by atoms with E-state index in [0.717, 1.165) is 37.2 Å². The van der Waals surface area contributed by atoms with Gasteiger partial charge in [0.2, 0.25) is 5.91 Å². The van der Waals surface area contributed by atoms with E-state index in [4.69, 9.17) is 25.8 Å². The van der Waals surface area contributed by atoms with Crippen molar-refractivity contribution in [2.45, 2.75) is 50.3 Å². The molecule has 7 nitrogen and oxygen atoms in total. The van der Waals surface area contributed by atoms with Crippen molar-refractivity contribution in [3.05, 3.63) is 64.7 Å². The highest BCUT2D eigenvalue weighted by molar-refractivity contribution is 6.30. The van der Waals surface area contributed by atoms with E-state index in [1.807, 2.05) is 43.3 Å². The van der Waals surface area contributed by atoms with Crippen LogP contribution in [0.15, 0.2) is 48.5 Å². The first-order chi connectivity index (χ1) is 16.9. The number of hydrogen-bond donors (Lipinski definition) is 1. The lowest BCUT2D eigenvalue weighted by Gasteiger charge is -2.47. The maximum Gasteiger partial charge on any atom is 0.337 e. The van der Waals surface area contributed by atoms with Gasteiger partial charge in [-0.15, -0.1) is 0 Å². The monoisotopic (exact) mass is 500 g/mol. The van der Waals surface area contributed by atoms with Crippen LogP contribution in [0.4, 0.5) is 0 Å². The van der Waals surface area contributed by atoms with Gasteiger partial charge in [0.1, 0.15) is 17.4 Å². The number of methoxy groups -OCH3 is 1. The molecule has 0 aliphatic carbocycles. The van der Waals surface area contributed by atoms with Gasteiger partial charge in [-0.3, -0.25) is 9.69 Å². The van der Waals surface area contributed by atoms with Gasteiger partial charge in [-0.25, -0.2) is 4.79 Å².